The number of benzene rings is 9. The van der Waals surface area contributed by atoms with E-state index in [1.54, 1.807) is 0 Å². The highest BCUT2D eigenvalue weighted by Crippen LogP contribution is 2.42. The lowest BCUT2D eigenvalue weighted by Crippen LogP contribution is -2.09. The van der Waals surface area contributed by atoms with Crippen LogP contribution in [-0.2, 0) is 0 Å². The molecule has 2 aromatic heterocycles. The molecule has 258 valence electrons. The third-order valence-electron chi connectivity index (χ3n) is 11.0. The van der Waals surface area contributed by atoms with E-state index in [4.69, 9.17) is 0 Å². The van der Waals surface area contributed by atoms with Gasteiger partial charge in [0, 0.05) is 53.7 Å². The summed E-state index contributed by atoms with van der Waals surface area (Å²) in [4.78, 5) is 2.39. The number of rotatable bonds is 6. The number of para-hydroxylation sites is 2. The van der Waals surface area contributed by atoms with Crippen molar-refractivity contribution >= 4 is 81.1 Å². The van der Waals surface area contributed by atoms with Crippen LogP contribution in [0.15, 0.2) is 206 Å². The quantitative estimate of drug-likeness (QED) is 0.166. The molecular formula is C52H34N2S. The summed E-state index contributed by atoms with van der Waals surface area (Å²) in [6, 6.07) is 75.2. The maximum Gasteiger partial charge on any atom is 0.0541 e. The first-order valence-electron chi connectivity index (χ1n) is 18.7. The normalized spacial score (nSPS) is 11.6. The molecule has 0 radical (unpaired) electrons. The Kier molecular flexibility index (Phi) is 7.39. The molecule has 0 unspecified atom stereocenters. The molecule has 0 aliphatic heterocycles. The van der Waals surface area contributed by atoms with Crippen molar-refractivity contribution in [1.82, 2.24) is 4.57 Å². The van der Waals surface area contributed by atoms with E-state index in [1.165, 1.54) is 80.7 Å². The average molecular weight is 719 g/mol. The minimum absolute atomic E-state index is 1.12. The van der Waals surface area contributed by atoms with E-state index in [1.807, 2.05) is 11.3 Å². The molecule has 0 spiro atoms. The summed E-state index contributed by atoms with van der Waals surface area (Å²) in [5.41, 5.74) is 11.8. The second-order valence-corrected chi connectivity index (χ2v) is 15.3. The molecule has 11 rings (SSSR count). The Morgan fingerprint density at radius 1 is 0.327 bits per heavy atom. The summed E-state index contributed by atoms with van der Waals surface area (Å²) < 4.78 is 4.99. The fourth-order valence-corrected chi connectivity index (χ4v) is 9.38. The molecule has 55 heavy (non-hydrogen) atoms. The van der Waals surface area contributed by atoms with E-state index >= 15 is 0 Å². The largest absolute Gasteiger partial charge is 0.310 e. The van der Waals surface area contributed by atoms with Gasteiger partial charge in [-0.15, -0.1) is 11.3 Å². The fraction of sp³-hybridized carbons (Fsp3) is 0. The molecule has 0 aliphatic rings. The maximum atomic E-state index is 2.39. The Hall–Kier alpha value is -6.94. The van der Waals surface area contributed by atoms with E-state index in [0.717, 1.165) is 17.1 Å². The Morgan fingerprint density at radius 3 is 1.75 bits per heavy atom. The molecule has 0 amide bonds. The van der Waals surface area contributed by atoms with Crippen LogP contribution in [0, 0.1) is 0 Å². The molecule has 0 saturated carbocycles. The Labute approximate surface area is 323 Å². The molecule has 0 N–H and O–H groups in total. The standard InChI is InChI=1S/C52H34N2S/c1-3-11-35(12-4-1)36-21-25-42(26-22-36)53(44-28-30-52-48(34-44)46-16-8-10-18-51(46)55-52)43-27-23-38-31-37(19-20-39(38)32-43)40-24-29-50-47(33-40)45-15-7-9-17-49(45)54(50)41-13-5-2-6-14-41/h1-34H. The van der Waals surface area contributed by atoms with Crippen molar-refractivity contribution in [3.05, 3.63) is 206 Å². The molecule has 0 saturated heterocycles. The summed E-state index contributed by atoms with van der Waals surface area (Å²) in [5.74, 6) is 0. The summed E-state index contributed by atoms with van der Waals surface area (Å²) in [6.07, 6.45) is 0. The number of hydrogen-bond donors (Lipinski definition) is 0. The maximum absolute atomic E-state index is 2.39. The number of nitrogens with zero attached hydrogens (tertiary/aromatic N) is 2. The minimum Gasteiger partial charge on any atom is -0.310 e. The molecule has 0 fully saturated rings. The van der Waals surface area contributed by atoms with Gasteiger partial charge in [-0.2, -0.15) is 0 Å². The van der Waals surface area contributed by atoms with E-state index < -0.39 is 0 Å². The smallest absolute Gasteiger partial charge is 0.0541 e. The van der Waals surface area contributed by atoms with Crippen molar-refractivity contribution in [2.75, 3.05) is 4.90 Å². The molecule has 2 nitrogen and oxygen atoms in total. The van der Waals surface area contributed by atoms with Gasteiger partial charge in [0.25, 0.3) is 0 Å². The Morgan fingerprint density at radius 2 is 0.891 bits per heavy atom. The van der Waals surface area contributed by atoms with Crippen molar-refractivity contribution in [1.29, 1.82) is 0 Å². The van der Waals surface area contributed by atoms with E-state index in [0.29, 0.717) is 0 Å². The molecule has 0 atom stereocenters. The average Bonchev–Trinajstić information content (AvgIpc) is 3.80. The zero-order valence-corrected chi connectivity index (χ0v) is 30.7. The lowest BCUT2D eigenvalue weighted by molar-refractivity contribution is 1.18. The van der Waals surface area contributed by atoms with Gasteiger partial charge in [0.05, 0.1) is 11.0 Å². The van der Waals surface area contributed by atoms with Crippen molar-refractivity contribution in [3.63, 3.8) is 0 Å². The highest BCUT2D eigenvalue weighted by molar-refractivity contribution is 7.25. The van der Waals surface area contributed by atoms with Crippen LogP contribution in [0.25, 0.3) is 80.7 Å². The first kappa shape index (κ1) is 31.6. The van der Waals surface area contributed by atoms with Crippen LogP contribution in [0.2, 0.25) is 0 Å². The SMILES string of the molecule is c1ccc(-c2ccc(N(c3ccc4cc(-c5ccc6c(c5)c5ccccc5n6-c5ccccc5)ccc4c3)c3ccc4sc5ccccc5c4c3)cc2)cc1. The second kappa shape index (κ2) is 12.9. The molecular weight excluding hydrogens is 685 g/mol. The van der Waals surface area contributed by atoms with Crippen LogP contribution in [0.4, 0.5) is 17.1 Å². The number of hydrogen-bond acceptors (Lipinski definition) is 2. The summed E-state index contributed by atoms with van der Waals surface area (Å²) >= 11 is 1.86. The van der Waals surface area contributed by atoms with Gasteiger partial charge in [0.15, 0.2) is 0 Å². The van der Waals surface area contributed by atoms with Gasteiger partial charge in [-0.1, -0.05) is 121 Å². The third-order valence-corrected chi connectivity index (χ3v) is 12.1. The topological polar surface area (TPSA) is 8.17 Å². The molecule has 11 aromatic rings. The highest BCUT2D eigenvalue weighted by Gasteiger charge is 2.17. The molecule has 9 aromatic carbocycles. The van der Waals surface area contributed by atoms with Crippen molar-refractivity contribution in [3.8, 4) is 27.9 Å². The number of thiophene rings is 1. The van der Waals surface area contributed by atoms with Gasteiger partial charge >= 0.3 is 0 Å². The van der Waals surface area contributed by atoms with Crippen LogP contribution in [0.1, 0.15) is 0 Å². The van der Waals surface area contributed by atoms with Gasteiger partial charge in [-0.3, -0.25) is 0 Å². The Bertz CT molecular complexity index is 3190. The van der Waals surface area contributed by atoms with Crippen molar-refractivity contribution in [2.45, 2.75) is 0 Å². The van der Waals surface area contributed by atoms with Gasteiger partial charge < -0.3 is 9.47 Å². The minimum atomic E-state index is 1.12. The van der Waals surface area contributed by atoms with E-state index in [2.05, 4.69) is 216 Å². The van der Waals surface area contributed by atoms with Crippen LogP contribution in [0.3, 0.4) is 0 Å². The summed E-state index contributed by atoms with van der Waals surface area (Å²) in [6.45, 7) is 0. The van der Waals surface area contributed by atoms with Crippen LogP contribution < -0.4 is 4.90 Å². The monoisotopic (exact) mass is 718 g/mol. The van der Waals surface area contributed by atoms with E-state index in [9.17, 15) is 0 Å². The molecule has 3 heteroatoms. The third kappa shape index (κ3) is 5.40. The zero-order valence-electron chi connectivity index (χ0n) is 29.9. The van der Waals surface area contributed by atoms with Crippen LogP contribution in [-0.4, -0.2) is 4.57 Å². The molecule has 0 aliphatic carbocycles. The van der Waals surface area contributed by atoms with Crippen LogP contribution >= 0.6 is 11.3 Å². The second-order valence-electron chi connectivity index (χ2n) is 14.2. The molecule has 0 bridgehead atoms. The first-order chi connectivity index (χ1) is 27.2. The van der Waals surface area contributed by atoms with Gasteiger partial charge in [0.1, 0.15) is 0 Å². The van der Waals surface area contributed by atoms with Gasteiger partial charge in [0.2, 0.25) is 0 Å². The van der Waals surface area contributed by atoms with Gasteiger partial charge in [-0.25, -0.2) is 0 Å². The number of fused-ring (bicyclic) bond motifs is 7. The summed E-state index contributed by atoms with van der Waals surface area (Å²) in [7, 11) is 0. The zero-order chi connectivity index (χ0) is 36.3. The van der Waals surface area contributed by atoms with E-state index in [-0.39, 0.29) is 0 Å². The highest BCUT2D eigenvalue weighted by atomic mass is 32.1. The van der Waals surface area contributed by atoms with Crippen LogP contribution in [0.5, 0.6) is 0 Å². The first-order valence-corrected chi connectivity index (χ1v) is 19.6. The van der Waals surface area contributed by atoms with Crippen molar-refractivity contribution < 1.29 is 0 Å². The number of aromatic nitrogens is 1. The fourth-order valence-electron chi connectivity index (χ4n) is 8.29. The number of anilines is 3. The molecule has 2 heterocycles. The Balaban J connectivity index is 1.01. The van der Waals surface area contributed by atoms with Crippen molar-refractivity contribution in [2.24, 2.45) is 0 Å². The lowest BCUT2D eigenvalue weighted by Gasteiger charge is -2.26. The predicted molar refractivity (Wildman–Crippen MR) is 237 cm³/mol. The predicted octanol–water partition coefficient (Wildman–Crippen LogP) is 15.1. The van der Waals surface area contributed by atoms with Gasteiger partial charge in [-0.05, 0) is 118 Å². The lowest BCUT2D eigenvalue weighted by atomic mass is 9.99. The summed E-state index contributed by atoms with van der Waals surface area (Å²) in [5, 5.41) is 7.54.